The smallest absolute Gasteiger partial charge is 0.161 e. The number of aromatic nitrogens is 1. The van der Waals surface area contributed by atoms with E-state index in [2.05, 4.69) is 51.6 Å². The Hall–Kier alpha value is -2.89. The first-order chi connectivity index (χ1) is 14.8. The fourth-order valence-corrected chi connectivity index (χ4v) is 3.91. The fourth-order valence-electron chi connectivity index (χ4n) is 3.91. The zero-order valence-corrected chi connectivity index (χ0v) is 17.5. The van der Waals surface area contributed by atoms with Crippen LogP contribution in [0.4, 0.5) is 0 Å². The SMILES string of the molecule is COc1cc(C(Cc2ccccn2)N2CCNCC2)ccc1OCc1ccccc1. The van der Waals surface area contributed by atoms with Crippen molar-refractivity contribution in [2.45, 2.75) is 19.1 Å². The number of pyridine rings is 1. The van der Waals surface area contributed by atoms with E-state index < -0.39 is 0 Å². The molecule has 0 aliphatic carbocycles. The zero-order valence-electron chi connectivity index (χ0n) is 17.5. The Morgan fingerprint density at radius 3 is 2.50 bits per heavy atom. The summed E-state index contributed by atoms with van der Waals surface area (Å²) < 4.78 is 11.7. The van der Waals surface area contributed by atoms with Crippen molar-refractivity contribution >= 4 is 0 Å². The number of methoxy groups -OCH3 is 1. The molecule has 5 nitrogen and oxygen atoms in total. The Morgan fingerprint density at radius 2 is 1.77 bits per heavy atom. The first kappa shape index (κ1) is 20.4. The van der Waals surface area contributed by atoms with Gasteiger partial charge in [0.1, 0.15) is 6.61 Å². The highest BCUT2D eigenvalue weighted by Gasteiger charge is 2.24. The zero-order chi connectivity index (χ0) is 20.6. The van der Waals surface area contributed by atoms with Crippen molar-refractivity contribution in [3.63, 3.8) is 0 Å². The van der Waals surface area contributed by atoms with Crippen LogP contribution < -0.4 is 14.8 Å². The predicted octanol–water partition coefficient (Wildman–Crippen LogP) is 3.86. The van der Waals surface area contributed by atoms with Crippen molar-refractivity contribution in [2.24, 2.45) is 0 Å². The molecule has 2 aromatic carbocycles. The van der Waals surface area contributed by atoms with Gasteiger partial charge in [-0.3, -0.25) is 9.88 Å². The van der Waals surface area contributed by atoms with Gasteiger partial charge in [0.2, 0.25) is 0 Å². The molecule has 0 bridgehead atoms. The van der Waals surface area contributed by atoms with Crippen molar-refractivity contribution in [2.75, 3.05) is 33.3 Å². The number of benzene rings is 2. The molecule has 1 fully saturated rings. The molecular formula is C25H29N3O2. The summed E-state index contributed by atoms with van der Waals surface area (Å²) in [5, 5.41) is 3.45. The number of nitrogens with zero attached hydrogens (tertiary/aromatic N) is 2. The standard InChI is InChI=1S/C25H29N3O2/c1-29-25-17-21(10-11-24(25)30-19-20-7-3-2-4-8-20)23(28-15-13-26-14-16-28)18-22-9-5-6-12-27-22/h2-12,17,23,26H,13-16,18-19H2,1H3. The summed E-state index contributed by atoms with van der Waals surface area (Å²) in [5.41, 5.74) is 3.47. The Kier molecular flexibility index (Phi) is 6.95. The number of piperazine rings is 1. The molecule has 3 aromatic rings. The lowest BCUT2D eigenvalue weighted by Crippen LogP contribution is -2.45. The third-order valence-electron chi connectivity index (χ3n) is 5.53. The summed E-state index contributed by atoms with van der Waals surface area (Å²) in [6, 6.07) is 22.9. The molecule has 0 radical (unpaired) electrons. The maximum Gasteiger partial charge on any atom is 0.161 e. The molecule has 2 heterocycles. The van der Waals surface area contributed by atoms with E-state index in [4.69, 9.17) is 9.47 Å². The molecular weight excluding hydrogens is 374 g/mol. The fraction of sp³-hybridized carbons (Fsp3) is 0.320. The molecule has 1 N–H and O–H groups in total. The van der Waals surface area contributed by atoms with Gasteiger partial charge in [-0.1, -0.05) is 42.5 Å². The van der Waals surface area contributed by atoms with Crippen LogP contribution in [0.3, 0.4) is 0 Å². The van der Waals surface area contributed by atoms with E-state index in [0.717, 1.165) is 55.4 Å². The minimum Gasteiger partial charge on any atom is -0.493 e. The van der Waals surface area contributed by atoms with Gasteiger partial charge in [-0.05, 0) is 35.4 Å². The van der Waals surface area contributed by atoms with Gasteiger partial charge in [0.25, 0.3) is 0 Å². The topological polar surface area (TPSA) is 46.6 Å². The van der Waals surface area contributed by atoms with Gasteiger partial charge in [0, 0.05) is 50.5 Å². The second-order valence-electron chi connectivity index (χ2n) is 7.51. The van der Waals surface area contributed by atoms with Crippen LogP contribution in [0.5, 0.6) is 11.5 Å². The van der Waals surface area contributed by atoms with E-state index in [0.29, 0.717) is 6.61 Å². The van der Waals surface area contributed by atoms with Crippen LogP contribution in [0.1, 0.15) is 22.9 Å². The predicted molar refractivity (Wildman–Crippen MR) is 119 cm³/mol. The molecule has 156 valence electrons. The maximum absolute atomic E-state index is 6.05. The quantitative estimate of drug-likeness (QED) is 0.619. The molecule has 1 aromatic heterocycles. The number of hydrogen-bond acceptors (Lipinski definition) is 5. The highest BCUT2D eigenvalue weighted by atomic mass is 16.5. The Balaban J connectivity index is 1.56. The average Bonchev–Trinajstić information content (AvgIpc) is 2.83. The minimum absolute atomic E-state index is 0.249. The molecule has 0 spiro atoms. The van der Waals surface area contributed by atoms with Crippen LogP contribution in [0.25, 0.3) is 0 Å². The Labute approximate surface area is 178 Å². The summed E-state index contributed by atoms with van der Waals surface area (Å²) in [5.74, 6) is 1.53. The van der Waals surface area contributed by atoms with Crippen LogP contribution in [-0.4, -0.2) is 43.2 Å². The Morgan fingerprint density at radius 1 is 0.967 bits per heavy atom. The normalized spacial score (nSPS) is 15.5. The molecule has 5 heteroatoms. The minimum atomic E-state index is 0.249. The molecule has 1 aliphatic rings. The monoisotopic (exact) mass is 403 g/mol. The lowest BCUT2D eigenvalue weighted by Gasteiger charge is -2.35. The van der Waals surface area contributed by atoms with Crippen LogP contribution >= 0.6 is 0 Å². The molecule has 1 atom stereocenters. The van der Waals surface area contributed by atoms with E-state index in [1.807, 2.05) is 36.5 Å². The number of hydrogen-bond donors (Lipinski definition) is 1. The van der Waals surface area contributed by atoms with Gasteiger partial charge in [0.05, 0.1) is 7.11 Å². The van der Waals surface area contributed by atoms with E-state index in [9.17, 15) is 0 Å². The third-order valence-corrected chi connectivity index (χ3v) is 5.53. The van der Waals surface area contributed by atoms with E-state index in [1.165, 1.54) is 5.56 Å². The van der Waals surface area contributed by atoms with Crippen LogP contribution in [0, 0.1) is 0 Å². The lowest BCUT2D eigenvalue weighted by atomic mass is 9.98. The van der Waals surface area contributed by atoms with Gasteiger partial charge in [0.15, 0.2) is 11.5 Å². The summed E-state index contributed by atoms with van der Waals surface area (Å²) in [4.78, 5) is 7.10. The van der Waals surface area contributed by atoms with Crippen molar-refractivity contribution in [1.82, 2.24) is 15.2 Å². The highest BCUT2D eigenvalue weighted by molar-refractivity contribution is 5.44. The van der Waals surface area contributed by atoms with Gasteiger partial charge in [-0.15, -0.1) is 0 Å². The third kappa shape index (κ3) is 5.17. The molecule has 0 saturated carbocycles. The number of rotatable bonds is 8. The molecule has 1 saturated heterocycles. The second kappa shape index (κ2) is 10.2. The van der Waals surface area contributed by atoms with Crippen molar-refractivity contribution in [1.29, 1.82) is 0 Å². The lowest BCUT2D eigenvalue weighted by molar-refractivity contribution is 0.171. The van der Waals surface area contributed by atoms with Gasteiger partial charge >= 0.3 is 0 Å². The molecule has 30 heavy (non-hydrogen) atoms. The highest BCUT2D eigenvalue weighted by Crippen LogP contribution is 2.34. The van der Waals surface area contributed by atoms with E-state index in [1.54, 1.807) is 7.11 Å². The maximum atomic E-state index is 6.05. The van der Waals surface area contributed by atoms with Gasteiger partial charge < -0.3 is 14.8 Å². The molecule has 1 aliphatic heterocycles. The van der Waals surface area contributed by atoms with Crippen LogP contribution in [-0.2, 0) is 13.0 Å². The molecule has 0 amide bonds. The summed E-state index contributed by atoms with van der Waals surface area (Å²) in [6.07, 6.45) is 2.74. The number of nitrogens with one attached hydrogen (secondary N) is 1. The van der Waals surface area contributed by atoms with Crippen molar-refractivity contribution < 1.29 is 9.47 Å². The first-order valence-electron chi connectivity index (χ1n) is 10.5. The summed E-state index contributed by atoms with van der Waals surface area (Å²) >= 11 is 0. The van der Waals surface area contributed by atoms with E-state index in [-0.39, 0.29) is 6.04 Å². The average molecular weight is 404 g/mol. The van der Waals surface area contributed by atoms with Crippen LogP contribution in [0.2, 0.25) is 0 Å². The second-order valence-corrected chi connectivity index (χ2v) is 7.51. The summed E-state index contributed by atoms with van der Waals surface area (Å²) in [7, 11) is 1.70. The van der Waals surface area contributed by atoms with Gasteiger partial charge in [-0.25, -0.2) is 0 Å². The van der Waals surface area contributed by atoms with Gasteiger partial charge in [-0.2, -0.15) is 0 Å². The number of ether oxygens (including phenoxy) is 2. The molecule has 1 unspecified atom stereocenters. The largest absolute Gasteiger partial charge is 0.493 e. The van der Waals surface area contributed by atoms with E-state index >= 15 is 0 Å². The van der Waals surface area contributed by atoms with Crippen molar-refractivity contribution in [3.8, 4) is 11.5 Å². The Bertz CT molecular complexity index is 912. The van der Waals surface area contributed by atoms with Crippen molar-refractivity contribution in [3.05, 3.63) is 89.7 Å². The van der Waals surface area contributed by atoms with Crippen LogP contribution in [0.15, 0.2) is 72.9 Å². The molecule has 4 rings (SSSR count). The summed E-state index contributed by atoms with van der Waals surface area (Å²) in [6.45, 7) is 4.58. The first-order valence-corrected chi connectivity index (χ1v) is 10.5.